The van der Waals surface area contributed by atoms with Gasteiger partial charge in [0.2, 0.25) is 0 Å². The van der Waals surface area contributed by atoms with Gasteiger partial charge in [0.05, 0.1) is 0 Å². The van der Waals surface area contributed by atoms with Crippen LogP contribution in [0.3, 0.4) is 0 Å². The molecule has 6 nitrogen and oxygen atoms in total. The van der Waals surface area contributed by atoms with E-state index in [0.717, 1.165) is 116 Å². The summed E-state index contributed by atoms with van der Waals surface area (Å²) in [6.07, 6.45) is 68.7. The lowest BCUT2D eigenvalue weighted by Gasteiger charge is -2.18. The number of esters is 3. The van der Waals surface area contributed by atoms with Crippen molar-refractivity contribution in [1.82, 2.24) is 0 Å². The van der Waals surface area contributed by atoms with Gasteiger partial charge in [0.15, 0.2) is 6.10 Å². The lowest BCUT2D eigenvalue weighted by molar-refractivity contribution is -0.167. The SMILES string of the molecule is CC/C=C\C/C=C\C/C=C\C/C=C\CCCCCCC(=O)OC(COC(=O)CCCCCCCCC)COC(=O)CCCCCCCCCC/C=C\C/C=C\C/C=C\CCCCCCC. The van der Waals surface area contributed by atoms with Gasteiger partial charge < -0.3 is 14.2 Å². The first-order valence-corrected chi connectivity index (χ1v) is 27.1. The molecule has 0 aromatic rings. The van der Waals surface area contributed by atoms with Crippen molar-refractivity contribution in [3.63, 3.8) is 0 Å². The highest BCUT2D eigenvalue weighted by Crippen LogP contribution is 2.14. The molecular weight excluding hydrogens is 805 g/mol. The molecule has 0 radical (unpaired) electrons. The summed E-state index contributed by atoms with van der Waals surface area (Å²) in [6.45, 7) is 6.44. The molecule has 0 saturated carbocycles. The van der Waals surface area contributed by atoms with Crippen molar-refractivity contribution in [1.29, 1.82) is 0 Å². The number of carbonyl (C=O) groups excluding carboxylic acids is 3. The second kappa shape index (κ2) is 53.2. The zero-order valence-electron chi connectivity index (χ0n) is 42.5. The molecule has 0 heterocycles. The fourth-order valence-electron chi connectivity index (χ4n) is 7.32. The van der Waals surface area contributed by atoms with Gasteiger partial charge in [-0.15, -0.1) is 0 Å². The Bertz CT molecular complexity index is 1270. The van der Waals surface area contributed by atoms with E-state index in [1.54, 1.807) is 0 Å². The van der Waals surface area contributed by atoms with E-state index in [0.29, 0.717) is 19.3 Å². The largest absolute Gasteiger partial charge is 0.462 e. The van der Waals surface area contributed by atoms with E-state index in [1.807, 2.05) is 0 Å². The van der Waals surface area contributed by atoms with E-state index in [4.69, 9.17) is 14.2 Å². The number of ether oxygens (including phenoxy) is 3. The Morgan fingerprint density at radius 1 is 0.323 bits per heavy atom. The predicted molar refractivity (Wildman–Crippen MR) is 279 cm³/mol. The Kier molecular flexibility index (Phi) is 50.4. The minimum atomic E-state index is -0.790. The van der Waals surface area contributed by atoms with Gasteiger partial charge in [-0.25, -0.2) is 0 Å². The number of unbranched alkanes of at least 4 members (excludes halogenated alkanes) is 23. The summed E-state index contributed by atoms with van der Waals surface area (Å²) in [5.74, 6) is -0.927. The molecule has 1 atom stereocenters. The van der Waals surface area contributed by atoms with Gasteiger partial charge in [-0.1, -0.05) is 221 Å². The lowest BCUT2D eigenvalue weighted by Crippen LogP contribution is -2.30. The summed E-state index contributed by atoms with van der Waals surface area (Å²) < 4.78 is 16.7. The van der Waals surface area contributed by atoms with Gasteiger partial charge in [-0.2, -0.15) is 0 Å². The molecule has 372 valence electrons. The fourth-order valence-corrected chi connectivity index (χ4v) is 7.32. The number of carbonyl (C=O) groups is 3. The summed E-state index contributed by atoms with van der Waals surface area (Å²) in [4.78, 5) is 37.9. The van der Waals surface area contributed by atoms with Crippen LogP contribution in [-0.4, -0.2) is 37.2 Å². The minimum Gasteiger partial charge on any atom is -0.462 e. The van der Waals surface area contributed by atoms with Crippen LogP contribution in [0.25, 0.3) is 0 Å². The van der Waals surface area contributed by atoms with Crippen molar-refractivity contribution in [2.75, 3.05) is 13.2 Å². The second-order valence-corrected chi connectivity index (χ2v) is 17.8. The number of rotatable bonds is 48. The third-order valence-electron chi connectivity index (χ3n) is 11.4. The van der Waals surface area contributed by atoms with Gasteiger partial charge in [0.25, 0.3) is 0 Å². The second-order valence-electron chi connectivity index (χ2n) is 17.8. The van der Waals surface area contributed by atoms with Crippen molar-refractivity contribution in [2.45, 2.75) is 258 Å². The van der Waals surface area contributed by atoms with E-state index >= 15 is 0 Å². The molecule has 0 fully saturated rings. The van der Waals surface area contributed by atoms with Crippen LogP contribution in [0.5, 0.6) is 0 Å². The molecule has 0 aliphatic rings. The Hall–Kier alpha value is -3.41. The first-order chi connectivity index (χ1) is 32.0. The average Bonchev–Trinajstić information content (AvgIpc) is 3.30. The highest BCUT2D eigenvalue weighted by molar-refractivity contribution is 5.71. The van der Waals surface area contributed by atoms with Gasteiger partial charge in [-0.05, 0) is 96.3 Å². The maximum Gasteiger partial charge on any atom is 0.306 e. The molecule has 6 heteroatoms. The van der Waals surface area contributed by atoms with Crippen molar-refractivity contribution < 1.29 is 28.6 Å². The van der Waals surface area contributed by atoms with Crippen LogP contribution in [0.4, 0.5) is 0 Å². The van der Waals surface area contributed by atoms with E-state index in [1.165, 1.54) is 96.3 Å². The standard InChI is InChI=1S/C59H100O6/c1-4-7-10-13-16-18-20-22-24-26-27-28-29-30-31-33-34-36-38-40-43-46-49-52-58(61)64-55-56(54-63-57(60)51-48-45-42-15-12-9-6-3)65-59(62)53-50-47-44-41-39-37-35-32-25-23-21-19-17-14-11-8-5-2/h8,11,17,19-20,22-23,25-27,29-30,35,37,56H,4-7,9-10,12-16,18,21,24,28,31-34,36,38-55H2,1-3H3/b11-8-,19-17-,22-20-,25-23-,27-26-,30-29-,37-35-. The Morgan fingerprint density at radius 3 is 0.938 bits per heavy atom. The third kappa shape index (κ3) is 51.4. The molecule has 0 amide bonds. The Morgan fingerprint density at radius 2 is 0.600 bits per heavy atom. The maximum atomic E-state index is 12.8. The molecule has 0 spiro atoms. The molecule has 1 unspecified atom stereocenters. The van der Waals surface area contributed by atoms with Crippen LogP contribution >= 0.6 is 0 Å². The van der Waals surface area contributed by atoms with Crippen molar-refractivity contribution in [3.8, 4) is 0 Å². The summed E-state index contributed by atoms with van der Waals surface area (Å²) in [5.41, 5.74) is 0. The third-order valence-corrected chi connectivity index (χ3v) is 11.4. The molecule has 0 saturated heterocycles. The fraction of sp³-hybridized carbons (Fsp3) is 0.712. The molecule has 0 aromatic carbocycles. The quantitative estimate of drug-likeness (QED) is 0.0262. The molecule has 65 heavy (non-hydrogen) atoms. The van der Waals surface area contributed by atoms with Crippen molar-refractivity contribution in [3.05, 3.63) is 85.1 Å². The molecule has 0 aliphatic carbocycles. The summed E-state index contributed by atoms with van der Waals surface area (Å²) >= 11 is 0. The average molecular weight is 905 g/mol. The summed E-state index contributed by atoms with van der Waals surface area (Å²) in [6, 6.07) is 0. The van der Waals surface area contributed by atoms with Gasteiger partial charge in [0, 0.05) is 19.3 Å². The monoisotopic (exact) mass is 905 g/mol. The Labute approximate surface area is 401 Å². The van der Waals surface area contributed by atoms with E-state index in [9.17, 15) is 14.4 Å². The van der Waals surface area contributed by atoms with Crippen LogP contribution in [0.2, 0.25) is 0 Å². The van der Waals surface area contributed by atoms with Crippen LogP contribution in [0.1, 0.15) is 252 Å². The zero-order chi connectivity index (χ0) is 47.2. The smallest absolute Gasteiger partial charge is 0.306 e. The first kappa shape index (κ1) is 61.6. The predicted octanol–water partition coefficient (Wildman–Crippen LogP) is 18.0. The molecule has 0 aromatic heterocycles. The van der Waals surface area contributed by atoms with Gasteiger partial charge in [0.1, 0.15) is 13.2 Å². The van der Waals surface area contributed by atoms with Gasteiger partial charge in [-0.3, -0.25) is 14.4 Å². The number of allylic oxidation sites excluding steroid dienone is 14. The Balaban J connectivity index is 4.27. The van der Waals surface area contributed by atoms with Gasteiger partial charge >= 0.3 is 17.9 Å². The van der Waals surface area contributed by atoms with Crippen molar-refractivity contribution >= 4 is 17.9 Å². The molecule has 0 N–H and O–H groups in total. The van der Waals surface area contributed by atoms with Crippen LogP contribution in [-0.2, 0) is 28.6 Å². The maximum absolute atomic E-state index is 12.8. The molecular formula is C59H100O6. The topological polar surface area (TPSA) is 78.9 Å². The normalized spacial score (nSPS) is 12.7. The zero-order valence-corrected chi connectivity index (χ0v) is 42.5. The number of hydrogen-bond donors (Lipinski definition) is 0. The lowest BCUT2D eigenvalue weighted by atomic mass is 10.1. The first-order valence-electron chi connectivity index (χ1n) is 27.1. The molecule has 0 bridgehead atoms. The highest BCUT2D eigenvalue weighted by Gasteiger charge is 2.19. The van der Waals surface area contributed by atoms with E-state index in [2.05, 4.69) is 106 Å². The summed E-state index contributed by atoms with van der Waals surface area (Å²) in [5, 5.41) is 0. The molecule has 0 rings (SSSR count). The van der Waals surface area contributed by atoms with Crippen LogP contribution < -0.4 is 0 Å². The van der Waals surface area contributed by atoms with Crippen molar-refractivity contribution in [2.24, 2.45) is 0 Å². The highest BCUT2D eigenvalue weighted by atomic mass is 16.6. The molecule has 0 aliphatic heterocycles. The summed E-state index contributed by atoms with van der Waals surface area (Å²) in [7, 11) is 0. The van der Waals surface area contributed by atoms with Crippen LogP contribution in [0, 0.1) is 0 Å². The van der Waals surface area contributed by atoms with E-state index in [-0.39, 0.29) is 31.1 Å². The number of hydrogen-bond acceptors (Lipinski definition) is 6. The van der Waals surface area contributed by atoms with Crippen LogP contribution in [0.15, 0.2) is 85.1 Å². The minimum absolute atomic E-state index is 0.0890. The van der Waals surface area contributed by atoms with E-state index < -0.39 is 6.10 Å².